The predicted octanol–water partition coefficient (Wildman–Crippen LogP) is 3.16. The first-order chi connectivity index (χ1) is 13.3. The van der Waals surface area contributed by atoms with Gasteiger partial charge < -0.3 is 5.32 Å². The van der Waals surface area contributed by atoms with Crippen molar-refractivity contribution < 1.29 is 4.79 Å². The highest BCUT2D eigenvalue weighted by Gasteiger charge is 2.17. The highest BCUT2D eigenvalue weighted by atomic mass is 16.1. The number of carbonyl (C=O) groups is 1. The SMILES string of the molecule is Cc1nn(CC(C)C)c(C)c1CC(=O)NC(C)c1ccc(-n2cncn2)cc1. The van der Waals surface area contributed by atoms with Gasteiger partial charge in [-0.05, 0) is 44.4 Å². The van der Waals surface area contributed by atoms with Gasteiger partial charge in [-0.2, -0.15) is 10.2 Å². The molecule has 2 heterocycles. The summed E-state index contributed by atoms with van der Waals surface area (Å²) in [6.07, 6.45) is 3.51. The monoisotopic (exact) mass is 380 g/mol. The highest BCUT2D eigenvalue weighted by molar-refractivity contribution is 5.79. The molecule has 0 aliphatic rings. The summed E-state index contributed by atoms with van der Waals surface area (Å²) in [6, 6.07) is 7.86. The minimum atomic E-state index is -0.0800. The quantitative estimate of drug-likeness (QED) is 0.683. The number of nitrogens with zero attached hydrogens (tertiary/aromatic N) is 5. The van der Waals surface area contributed by atoms with Gasteiger partial charge in [-0.15, -0.1) is 0 Å². The molecule has 0 radical (unpaired) electrons. The molecule has 3 aromatic rings. The van der Waals surface area contributed by atoms with Crippen molar-refractivity contribution in [3.05, 3.63) is 59.4 Å². The van der Waals surface area contributed by atoms with Crippen LogP contribution in [0.3, 0.4) is 0 Å². The molecular formula is C21H28N6O. The van der Waals surface area contributed by atoms with E-state index in [1.165, 1.54) is 6.33 Å². The van der Waals surface area contributed by atoms with Crippen LogP contribution in [-0.4, -0.2) is 30.5 Å². The van der Waals surface area contributed by atoms with Gasteiger partial charge in [-0.1, -0.05) is 26.0 Å². The molecule has 7 nitrogen and oxygen atoms in total. The predicted molar refractivity (Wildman–Crippen MR) is 108 cm³/mol. The number of aromatic nitrogens is 5. The Morgan fingerprint density at radius 3 is 2.46 bits per heavy atom. The van der Waals surface area contributed by atoms with Gasteiger partial charge in [0.2, 0.25) is 5.91 Å². The zero-order chi connectivity index (χ0) is 20.3. The van der Waals surface area contributed by atoms with Crippen LogP contribution in [-0.2, 0) is 17.8 Å². The van der Waals surface area contributed by atoms with Crippen molar-refractivity contribution in [1.29, 1.82) is 0 Å². The summed E-state index contributed by atoms with van der Waals surface area (Å²) >= 11 is 0. The Morgan fingerprint density at radius 2 is 1.86 bits per heavy atom. The van der Waals surface area contributed by atoms with E-state index in [9.17, 15) is 4.79 Å². The van der Waals surface area contributed by atoms with Crippen LogP contribution >= 0.6 is 0 Å². The second-order valence-corrected chi connectivity index (χ2v) is 7.62. The number of benzene rings is 1. The van der Waals surface area contributed by atoms with E-state index in [0.717, 1.165) is 34.7 Å². The van der Waals surface area contributed by atoms with Crippen molar-refractivity contribution in [2.45, 2.75) is 53.6 Å². The molecule has 0 bridgehead atoms. The van der Waals surface area contributed by atoms with E-state index in [4.69, 9.17) is 0 Å². The Kier molecular flexibility index (Phi) is 5.92. The fourth-order valence-corrected chi connectivity index (χ4v) is 3.31. The van der Waals surface area contributed by atoms with Crippen molar-refractivity contribution in [3.8, 4) is 5.69 Å². The van der Waals surface area contributed by atoms with Gasteiger partial charge in [0.25, 0.3) is 0 Å². The normalized spacial score (nSPS) is 12.4. The van der Waals surface area contributed by atoms with Crippen molar-refractivity contribution in [2.75, 3.05) is 0 Å². The Morgan fingerprint density at radius 1 is 1.14 bits per heavy atom. The topological polar surface area (TPSA) is 77.6 Å². The van der Waals surface area contributed by atoms with E-state index in [1.54, 1.807) is 11.0 Å². The molecule has 0 saturated carbocycles. The van der Waals surface area contributed by atoms with Gasteiger partial charge in [0.05, 0.1) is 23.8 Å². The summed E-state index contributed by atoms with van der Waals surface area (Å²) in [6.45, 7) is 11.2. The first-order valence-corrected chi connectivity index (χ1v) is 9.62. The average molecular weight is 380 g/mol. The van der Waals surface area contributed by atoms with Gasteiger partial charge in [0, 0.05) is 17.8 Å². The standard InChI is InChI=1S/C21H28N6O/c1-14(2)11-26-17(5)20(16(4)25-26)10-21(28)24-15(3)18-6-8-19(9-7-18)27-13-22-12-23-27/h6-9,12-15H,10-11H2,1-5H3,(H,24,28). The molecule has 148 valence electrons. The molecule has 0 spiro atoms. The van der Waals surface area contributed by atoms with Crippen LogP contribution in [0.25, 0.3) is 5.69 Å². The molecule has 1 atom stereocenters. The molecule has 2 aromatic heterocycles. The van der Waals surface area contributed by atoms with Gasteiger partial charge in [0.15, 0.2) is 0 Å². The maximum Gasteiger partial charge on any atom is 0.225 e. The van der Waals surface area contributed by atoms with Crippen LogP contribution in [0, 0.1) is 19.8 Å². The summed E-state index contributed by atoms with van der Waals surface area (Å²) in [4.78, 5) is 16.6. The molecule has 0 saturated heterocycles. The van der Waals surface area contributed by atoms with Crippen molar-refractivity contribution in [2.24, 2.45) is 5.92 Å². The van der Waals surface area contributed by atoms with Crippen LogP contribution in [0.5, 0.6) is 0 Å². The van der Waals surface area contributed by atoms with Crippen LogP contribution in [0.15, 0.2) is 36.9 Å². The van der Waals surface area contributed by atoms with Crippen molar-refractivity contribution in [3.63, 3.8) is 0 Å². The number of nitrogens with one attached hydrogen (secondary N) is 1. The Balaban J connectivity index is 1.64. The van der Waals surface area contributed by atoms with E-state index in [2.05, 4.69) is 34.3 Å². The van der Waals surface area contributed by atoms with E-state index in [0.29, 0.717) is 12.3 Å². The zero-order valence-electron chi connectivity index (χ0n) is 17.2. The third-order valence-corrected chi connectivity index (χ3v) is 4.86. The largest absolute Gasteiger partial charge is 0.349 e. The fourth-order valence-electron chi connectivity index (χ4n) is 3.31. The highest BCUT2D eigenvalue weighted by Crippen LogP contribution is 2.18. The van der Waals surface area contributed by atoms with Gasteiger partial charge in [-0.25, -0.2) is 9.67 Å². The number of amides is 1. The minimum absolute atomic E-state index is 0.00292. The van der Waals surface area contributed by atoms with Crippen LogP contribution in [0.1, 0.15) is 49.3 Å². The summed E-state index contributed by atoms with van der Waals surface area (Å²) in [5, 5.41) is 11.8. The van der Waals surface area contributed by atoms with E-state index in [1.807, 2.05) is 49.7 Å². The Hall–Kier alpha value is -2.96. The van der Waals surface area contributed by atoms with Crippen molar-refractivity contribution in [1.82, 2.24) is 29.9 Å². The smallest absolute Gasteiger partial charge is 0.225 e. The van der Waals surface area contributed by atoms with Gasteiger partial charge >= 0.3 is 0 Å². The number of aryl methyl sites for hydroxylation is 1. The molecule has 0 aliphatic heterocycles. The number of rotatable bonds is 7. The lowest BCUT2D eigenvalue weighted by molar-refractivity contribution is -0.121. The lowest BCUT2D eigenvalue weighted by atomic mass is 10.1. The van der Waals surface area contributed by atoms with E-state index >= 15 is 0 Å². The van der Waals surface area contributed by atoms with Gasteiger partial charge in [0.1, 0.15) is 12.7 Å². The zero-order valence-corrected chi connectivity index (χ0v) is 17.2. The maximum atomic E-state index is 12.6. The van der Waals surface area contributed by atoms with Crippen LogP contribution in [0.4, 0.5) is 0 Å². The first kappa shape index (κ1) is 19.8. The Bertz CT molecular complexity index is 925. The number of hydrogen-bond donors (Lipinski definition) is 1. The molecular weight excluding hydrogens is 352 g/mol. The molecule has 0 fully saturated rings. The third-order valence-electron chi connectivity index (χ3n) is 4.86. The molecule has 7 heteroatoms. The fraction of sp³-hybridized carbons (Fsp3) is 0.429. The molecule has 3 rings (SSSR count). The van der Waals surface area contributed by atoms with Crippen LogP contribution < -0.4 is 5.32 Å². The lowest BCUT2D eigenvalue weighted by Crippen LogP contribution is -2.28. The lowest BCUT2D eigenvalue weighted by Gasteiger charge is -2.15. The minimum Gasteiger partial charge on any atom is -0.349 e. The van der Waals surface area contributed by atoms with Gasteiger partial charge in [-0.3, -0.25) is 9.48 Å². The molecule has 0 aliphatic carbocycles. The second kappa shape index (κ2) is 8.37. The summed E-state index contributed by atoms with van der Waals surface area (Å²) < 4.78 is 3.71. The molecule has 1 amide bonds. The first-order valence-electron chi connectivity index (χ1n) is 9.62. The summed E-state index contributed by atoms with van der Waals surface area (Å²) in [5.41, 5.74) is 5.00. The average Bonchev–Trinajstić information content (AvgIpc) is 3.26. The van der Waals surface area contributed by atoms with Crippen LogP contribution in [0.2, 0.25) is 0 Å². The Labute approximate surface area is 165 Å². The number of carbonyl (C=O) groups excluding carboxylic acids is 1. The van der Waals surface area contributed by atoms with E-state index in [-0.39, 0.29) is 11.9 Å². The summed E-state index contributed by atoms with van der Waals surface area (Å²) in [7, 11) is 0. The maximum absolute atomic E-state index is 12.6. The number of hydrogen-bond acceptors (Lipinski definition) is 4. The van der Waals surface area contributed by atoms with Crippen molar-refractivity contribution >= 4 is 5.91 Å². The summed E-state index contributed by atoms with van der Waals surface area (Å²) in [5.74, 6) is 0.517. The molecule has 28 heavy (non-hydrogen) atoms. The second-order valence-electron chi connectivity index (χ2n) is 7.62. The van der Waals surface area contributed by atoms with E-state index < -0.39 is 0 Å². The third kappa shape index (κ3) is 4.47. The molecule has 1 aromatic carbocycles. The molecule has 1 unspecified atom stereocenters. The molecule has 1 N–H and O–H groups in total.